The van der Waals surface area contributed by atoms with E-state index in [0.717, 1.165) is 5.56 Å². The predicted molar refractivity (Wildman–Crippen MR) is 46.0 cm³/mol. The Morgan fingerprint density at radius 3 is 2.00 bits per heavy atom. The number of nitriles is 1. The second-order valence-corrected chi connectivity index (χ2v) is 1.98. The highest BCUT2D eigenvalue weighted by atomic mass is 14.4. The Balaban J connectivity index is 0.000000461. The molecule has 0 spiro atoms. The molecule has 11 heavy (non-hydrogen) atoms. The van der Waals surface area contributed by atoms with Gasteiger partial charge in [-0.05, 0) is 26.1 Å². The molecule has 2 nitrogen and oxygen atoms in total. The van der Waals surface area contributed by atoms with Crippen molar-refractivity contribution in [2.24, 2.45) is 5.73 Å². The van der Waals surface area contributed by atoms with Crippen molar-refractivity contribution in [1.82, 2.24) is 0 Å². The molecule has 2 N–H and O–H groups in total. The summed E-state index contributed by atoms with van der Waals surface area (Å²) in [6.07, 6.45) is 0. The Kier molecular flexibility index (Phi) is 4.80. The molecule has 0 bridgehead atoms. The number of hydrogen-bond donors (Lipinski definition) is 1. The summed E-state index contributed by atoms with van der Waals surface area (Å²) >= 11 is 0. The Bertz CT molecular complexity index is 231. The Labute approximate surface area is 67.3 Å². The third-order valence-corrected chi connectivity index (χ3v) is 1.18. The number of nitrogens with two attached hydrogens (primary N) is 1. The maximum Gasteiger partial charge on any atom is 0.0991 e. The van der Waals surface area contributed by atoms with E-state index in [4.69, 9.17) is 5.26 Å². The lowest BCUT2D eigenvalue weighted by Gasteiger charge is -1.88. The minimum Gasteiger partial charge on any atom is -0.333 e. The van der Waals surface area contributed by atoms with Crippen molar-refractivity contribution in [3.05, 3.63) is 35.4 Å². The van der Waals surface area contributed by atoms with Gasteiger partial charge in [0.1, 0.15) is 0 Å². The third-order valence-electron chi connectivity index (χ3n) is 1.18. The number of aryl methyl sites for hydroxylation is 1. The van der Waals surface area contributed by atoms with Crippen LogP contribution in [0.1, 0.15) is 11.1 Å². The van der Waals surface area contributed by atoms with Crippen molar-refractivity contribution >= 4 is 0 Å². The summed E-state index contributed by atoms with van der Waals surface area (Å²) < 4.78 is 0. The maximum atomic E-state index is 8.38. The van der Waals surface area contributed by atoms with Crippen molar-refractivity contribution < 1.29 is 0 Å². The molecule has 2 heteroatoms. The highest BCUT2D eigenvalue weighted by Gasteiger charge is 1.84. The number of rotatable bonds is 0. The van der Waals surface area contributed by atoms with Crippen LogP contribution in [0.15, 0.2) is 24.3 Å². The summed E-state index contributed by atoms with van der Waals surface area (Å²) in [7, 11) is 1.50. The van der Waals surface area contributed by atoms with Crippen molar-refractivity contribution in [2.45, 2.75) is 6.92 Å². The van der Waals surface area contributed by atoms with Gasteiger partial charge in [0.15, 0.2) is 0 Å². The monoisotopic (exact) mass is 148 g/mol. The van der Waals surface area contributed by atoms with E-state index >= 15 is 0 Å². The van der Waals surface area contributed by atoms with E-state index in [9.17, 15) is 0 Å². The van der Waals surface area contributed by atoms with Crippen LogP contribution in [0.2, 0.25) is 0 Å². The molecule has 0 radical (unpaired) electrons. The van der Waals surface area contributed by atoms with Crippen LogP contribution in [0.5, 0.6) is 0 Å². The van der Waals surface area contributed by atoms with E-state index in [1.54, 1.807) is 0 Å². The van der Waals surface area contributed by atoms with Gasteiger partial charge in [0, 0.05) is 0 Å². The van der Waals surface area contributed by atoms with Crippen LogP contribution in [0.4, 0.5) is 0 Å². The molecule has 1 rings (SSSR count). The summed E-state index contributed by atoms with van der Waals surface area (Å²) in [5.74, 6) is 0. The van der Waals surface area contributed by atoms with Gasteiger partial charge in [-0.25, -0.2) is 0 Å². The maximum absolute atomic E-state index is 8.38. The van der Waals surface area contributed by atoms with Gasteiger partial charge in [0.2, 0.25) is 0 Å². The third kappa shape index (κ3) is 3.39. The van der Waals surface area contributed by atoms with Crippen molar-refractivity contribution in [1.29, 1.82) is 5.26 Å². The van der Waals surface area contributed by atoms with Gasteiger partial charge in [-0.3, -0.25) is 0 Å². The molecule has 1 aromatic rings. The van der Waals surface area contributed by atoms with Gasteiger partial charge in [-0.15, -0.1) is 0 Å². The molecule has 0 aliphatic rings. The fourth-order valence-corrected chi connectivity index (χ4v) is 0.628. The van der Waals surface area contributed by atoms with Crippen molar-refractivity contribution in [3.63, 3.8) is 0 Å². The van der Waals surface area contributed by atoms with E-state index in [2.05, 4.69) is 11.8 Å². The van der Waals surface area contributed by atoms with E-state index in [1.807, 2.05) is 31.2 Å². The lowest BCUT2D eigenvalue weighted by Crippen LogP contribution is -1.72. The van der Waals surface area contributed by atoms with Gasteiger partial charge in [0.25, 0.3) is 0 Å². The van der Waals surface area contributed by atoms with Crippen LogP contribution in [-0.4, -0.2) is 7.05 Å². The summed E-state index contributed by atoms with van der Waals surface area (Å²) in [6.45, 7) is 2.00. The highest BCUT2D eigenvalue weighted by molar-refractivity contribution is 5.30. The summed E-state index contributed by atoms with van der Waals surface area (Å²) in [4.78, 5) is 0. The fraction of sp³-hybridized carbons (Fsp3) is 0.222. The minimum atomic E-state index is 0.723. The van der Waals surface area contributed by atoms with Gasteiger partial charge >= 0.3 is 0 Å². The highest BCUT2D eigenvalue weighted by Crippen LogP contribution is 1.99. The van der Waals surface area contributed by atoms with Crippen LogP contribution in [0, 0.1) is 18.3 Å². The molecule has 0 aliphatic carbocycles. The zero-order valence-corrected chi connectivity index (χ0v) is 6.83. The lowest BCUT2D eigenvalue weighted by atomic mass is 10.2. The predicted octanol–water partition coefficient (Wildman–Crippen LogP) is 1.44. The lowest BCUT2D eigenvalue weighted by molar-refractivity contribution is 1.43. The SMILES string of the molecule is CN.Cc1ccc(C#N)cc1. The first kappa shape index (κ1) is 9.67. The van der Waals surface area contributed by atoms with Gasteiger partial charge < -0.3 is 5.73 Å². The molecule has 0 saturated carbocycles. The van der Waals surface area contributed by atoms with Crippen LogP contribution >= 0.6 is 0 Å². The van der Waals surface area contributed by atoms with Crippen molar-refractivity contribution in [3.8, 4) is 6.07 Å². The largest absolute Gasteiger partial charge is 0.333 e. The molecule has 58 valence electrons. The van der Waals surface area contributed by atoms with Gasteiger partial charge in [-0.2, -0.15) is 5.26 Å². The molecular weight excluding hydrogens is 136 g/mol. The molecule has 0 aromatic heterocycles. The second-order valence-electron chi connectivity index (χ2n) is 1.98. The zero-order chi connectivity index (χ0) is 8.69. The molecule has 0 amide bonds. The smallest absolute Gasteiger partial charge is 0.0991 e. The van der Waals surface area contributed by atoms with Crippen LogP contribution in [0.3, 0.4) is 0 Å². The Hall–Kier alpha value is -1.33. The van der Waals surface area contributed by atoms with Gasteiger partial charge in [-0.1, -0.05) is 17.7 Å². The average Bonchev–Trinajstić information content (AvgIpc) is 2.10. The Morgan fingerprint density at radius 1 is 1.18 bits per heavy atom. The summed E-state index contributed by atoms with van der Waals surface area (Å²) in [5, 5.41) is 8.38. The summed E-state index contributed by atoms with van der Waals surface area (Å²) in [6, 6.07) is 9.54. The number of benzene rings is 1. The molecule has 0 aliphatic heterocycles. The quantitative estimate of drug-likeness (QED) is 0.605. The molecule has 0 unspecified atom stereocenters. The summed E-state index contributed by atoms with van der Waals surface area (Å²) in [5.41, 5.74) is 6.41. The van der Waals surface area contributed by atoms with Crippen molar-refractivity contribution in [2.75, 3.05) is 7.05 Å². The molecule has 0 fully saturated rings. The topological polar surface area (TPSA) is 49.8 Å². The van der Waals surface area contributed by atoms with Crippen LogP contribution in [0.25, 0.3) is 0 Å². The minimum absolute atomic E-state index is 0.723. The van der Waals surface area contributed by atoms with Gasteiger partial charge in [0.05, 0.1) is 11.6 Å². The number of nitrogens with zero attached hydrogens (tertiary/aromatic N) is 1. The van der Waals surface area contributed by atoms with Crippen LogP contribution < -0.4 is 5.73 Å². The first-order valence-electron chi connectivity index (χ1n) is 3.37. The average molecular weight is 148 g/mol. The van der Waals surface area contributed by atoms with E-state index in [1.165, 1.54) is 12.6 Å². The molecular formula is C9H12N2. The standard InChI is InChI=1S/C8H7N.CH5N/c1-7-2-4-8(6-9)5-3-7;1-2/h2-5H,1H3;2H2,1H3. The van der Waals surface area contributed by atoms with E-state index in [-0.39, 0.29) is 0 Å². The molecule has 0 atom stereocenters. The normalized spacial score (nSPS) is 7.45. The molecule has 0 saturated heterocycles. The molecule has 1 aromatic carbocycles. The second kappa shape index (κ2) is 5.45. The van der Waals surface area contributed by atoms with E-state index in [0.29, 0.717) is 0 Å². The van der Waals surface area contributed by atoms with E-state index < -0.39 is 0 Å². The molecule has 0 heterocycles. The first-order valence-corrected chi connectivity index (χ1v) is 3.37. The number of hydrogen-bond acceptors (Lipinski definition) is 2. The zero-order valence-electron chi connectivity index (χ0n) is 6.83. The fourth-order valence-electron chi connectivity index (χ4n) is 0.628. The Morgan fingerprint density at radius 2 is 1.64 bits per heavy atom. The first-order chi connectivity index (χ1) is 5.33. The van der Waals surface area contributed by atoms with Crippen LogP contribution in [-0.2, 0) is 0 Å².